The minimum atomic E-state index is 0.598. The van der Waals surface area contributed by atoms with Gasteiger partial charge in [-0.05, 0) is 42.5 Å². The zero-order chi connectivity index (χ0) is 12.4. The standard InChI is InChI=1S/C16H16IN/c17-14-9-5-7-12-6-1-3-10-15(12)18-16-11-4-2-8-13(14)16/h1-4,6,8,10-11,14,18H,5,7,9H2. The molecule has 0 aromatic heterocycles. The van der Waals surface area contributed by atoms with Crippen molar-refractivity contribution in [2.75, 3.05) is 5.32 Å². The van der Waals surface area contributed by atoms with Crippen LogP contribution >= 0.6 is 22.6 Å². The summed E-state index contributed by atoms with van der Waals surface area (Å²) in [5, 5.41) is 3.61. The first-order valence-electron chi connectivity index (χ1n) is 6.42. The molecule has 92 valence electrons. The van der Waals surface area contributed by atoms with E-state index in [4.69, 9.17) is 0 Å². The Morgan fingerprint density at radius 1 is 0.944 bits per heavy atom. The molecule has 0 fully saturated rings. The molecular weight excluding hydrogens is 333 g/mol. The second kappa shape index (κ2) is 5.31. The van der Waals surface area contributed by atoms with Gasteiger partial charge in [-0.1, -0.05) is 59.0 Å². The third kappa shape index (κ3) is 2.39. The molecule has 0 bridgehead atoms. The van der Waals surface area contributed by atoms with E-state index in [0.29, 0.717) is 3.92 Å². The predicted molar refractivity (Wildman–Crippen MR) is 85.9 cm³/mol. The zero-order valence-electron chi connectivity index (χ0n) is 10.2. The van der Waals surface area contributed by atoms with Crippen LogP contribution in [0.3, 0.4) is 0 Å². The summed E-state index contributed by atoms with van der Waals surface area (Å²) in [4.78, 5) is 0. The largest absolute Gasteiger partial charge is 0.355 e. The van der Waals surface area contributed by atoms with E-state index in [1.165, 1.54) is 35.3 Å². The topological polar surface area (TPSA) is 12.0 Å². The summed E-state index contributed by atoms with van der Waals surface area (Å²) < 4.78 is 0.598. The first-order valence-corrected chi connectivity index (χ1v) is 7.67. The molecule has 1 aliphatic heterocycles. The second-order valence-corrected chi connectivity index (χ2v) is 6.23. The van der Waals surface area contributed by atoms with Crippen LogP contribution in [0.5, 0.6) is 0 Å². The highest BCUT2D eigenvalue weighted by atomic mass is 127. The van der Waals surface area contributed by atoms with Gasteiger partial charge in [0.2, 0.25) is 0 Å². The van der Waals surface area contributed by atoms with Gasteiger partial charge >= 0.3 is 0 Å². The second-order valence-electron chi connectivity index (χ2n) is 4.73. The Labute approximate surface area is 122 Å². The first-order chi connectivity index (χ1) is 8.84. The summed E-state index contributed by atoms with van der Waals surface area (Å²) >= 11 is 2.57. The van der Waals surface area contributed by atoms with E-state index < -0.39 is 0 Å². The maximum Gasteiger partial charge on any atom is 0.0427 e. The van der Waals surface area contributed by atoms with Gasteiger partial charge in [-0.3, -0.25) is 0 Å². The molecule has 0 spiro atoms. The van der Waals surface area contributed by atoms with E-state index in [9.17, 15) is 0 Å². The average molecular weight is 349 g/mol. The number of rotatable bonds is 0. The molecule has 1 aliphatic rings. The van der Waals surface area contributed by atoms with Crippen LogP contribution in [0, 0.1) is 0 Å². The predicted octanol–water partition coefficient (Wildman–Crippen LogP) is 5.24. The van der Waals surface area contributed by atoms with E-state index in [0.717, 1.165) is 6.42 Å². The highest BCUT2D eigenvalue weighted by Gasteiger charge is 2.15. The molecule has 1 heterocycles. The van der Waals surface area contributed by atoms with E-state index in [1.807, 2.05) is 0 Å². The van der Waals surface area contributed by atoms with E-state index in [2.05, 4.69) is 76.4 Å². The number of hydrogen-bond acceptors (Lipinski definition) is 1. The van der Waals surface area contributed by atoms with E-state index >= 15 is 0 Å². The van der Waals surface area contributed by atoms with Crippen LogP contribution in [-0.4, -0.2) is 0 Å². The van der Waals surface area contributed by atoms with Gasteiger partial charge in [-0.2, -0.15) is 0 Å². The van der Waals surface area contributed by atoms with Crippen LogP contribution in [0.2, 0.25) is 0 Å². The number of hydrogen-bond donors (Lipinski definition) is 1. The molecule has 18 heavy (non-hydrogen) atoms. The van der Waals surface area contributed by atoms with Crippen molar-refractivity contribution < 1.29 is 0 Å². The summed E-state index contributed by atoms with van der Waals surface area (Å²) in [6.07, 6.45) is 3.66. The molecule has 1 unspecified atom stereocenters. The van der Waals surface area contributed by atoms with Gasteiger partial charge in [-0.15, -0.1) is 0 Å². The lowest BCUT2D eigenvalue weighted by molar-refractivity contribution is 0.742. The highest BCUT2D eigenvalue weighted by Crippen LogP contribution is 2.37. The molecule has 0 aliphatic carbocycles. The number of halogens is 1. The molecule has 0 amide bonds. The van der Waals surface area contributed by atoms with Gasteiger partial charge in [0.1, 0.15) is 0 Å². The minimum Gasteiger partial charge on any atom is -0.355 e. The van der Waals surface area contributed by atoms with Crippen LogP contribution in [0.4, 0.5) is 11.4 Å². The smallest absolute Gasteiger partial charge is 0.0427 e. The van der Waals surface area contributed by atoms with Crippen molar-refractivity contribution in [3.8, 4) is 0 Å². The Morgan fingerprint density at radius 3 is 2.56 bits per heavy atom. The molecule has 2 heteroatoms. The van der Waals surface area contributed by atoms with Gasteiger partial charge in [0.15, 0.2) is 0 Å². The fourth-order valence-electron chi connectivity index (χ4n) is 2.52. The van der Waals surface area contributed by atoms with Crippen molar-refractivity contribution in [2.24, 2.45) is 0 Å². The minimum absolute atomic E-state index is 0.598. The first kappa shape index (κ1) is 12.0. The Balaban J connectivity index is 2.07. The monoisotopic (exact) mass is 349 g/mol. The van der Waals surface area contributed by atoms with Gasteiger partial charge < -0.3 is 5.32 Å². The number of alkyl halides is 1. The molecule has 2 aromatic rings. The molecule has 1 nitrogen and oxygen atoms in total. The third-order valence-electron chi connectivity index (χ3n) is 3.49. The van der Waals surface area contributed by atoms with Gasteiger partial charge in [0.05, 0.1) is 0 Å². The molecule has 0 radical (unpaired) electrons. The normalized spacial score (nSPS) is 18.6. The quantitative estimate of drug-likeness (QED) is 0.506. The highest BCUT2D eigenvalue weighted by molar-refractivity contribution is 14.1. The summed E-state index contributed by atoms with van der Waals surface area (Å²) in [7, 11) is 0. The lowest BCUT2D eigenvalue weighted by atomic mass is 10.0. The van der Waals surface area contributed by atoms with Crippen LogP contribution in [0.1, 0.15) is 27.9 Å². The summed E-state index contributed by atoms with van der Waals surface area (Å²) in [5.74, 6) is 0. The SMILES string of the molecule is IC1CCCc2ccccc2Nc2ccccc21. The fourth-order valence-corrected chi connectivity index (χ4v) is 3.50. The number of anilines is 2. The molecular formula is C16H16IN. The average Bonchev–Trinajstić information content (AvgIpc) is 2.47. The maximum absolute atomic E-state index is 3.61. The number of fused-ring (bicyclic) bond motifs is 2. The van der Waals surface area contributed by atoms with Gasteiger partial charge in [0.25, 0.3) is 0 Å². The van der Waals surface area contributed by atoms with Gasteiger partial charge in [-0.25, -0.2) is 0 Å². The van der Waals surface area contributed by atoms with E-state index in [1.54, 1.807) is 0 Å². The molecule has 1 atom stereocenters. The Morgan fingerprint density at radius 2 is 1.67 bits per heavy atom. The number of benzene rings is 2. The Bertz CT molecular complexity index is 550. The summed E-state index contributed by atoms with van der Waals surface area (Å²) in [6.45, 7) is 0. The van der Waals surface area contributed by atoms with Crippen molar-refractivity contribution in [3.05, 3.63) is 59.7 Å². The summed E-state index contributed by atoms with van der Waals surface area (Å²) in [6, 6.07) is 17.3. The van der Waals surface area contributed by atoms with Crippen molar-refractivity contribution in [2.45, 2.75) is 23.2 Å². The Hall–Kier alpha value is -1.03. The number of nitrogens with one attached hydrogen (secondary N) is 1. The molecule has 0 saturated heterocycles. The number of para-hydroxylation sites is 2. The maximum atomic E-state index is 3.61. The van der Waals surface area contributed by atoms with Crippen LogP contribution < -0.4 is 5.32 Å². The fraction of sp³-hybridized carbons (Fsp3) is 0.250. The van der Waals surface area contributed by atoms with Crippen LogP contribution in [0.25, 0.3) is 0 Å². The molecule has 0 saturated carbocycles. The van der Waals surface area contributed by atoms with E-state index in [-0.39, 0.29) is 0 Å². The number of aryl methyl sites for hydroxylation is 1. The van der Waals surface area contributed by atoms with Gasteiger partial charge in [0, 0.05) is 15.3 Å². The zero-order valence-corrected chi connectivity index (χ0v) is 12.4. The molecule has 1 N–H and O–H groups in total. The lowest BCUT2D eigenvalue weighted by Gasteiger charge is -2.15. The van der Waals surface area contributed by atoms with Crippen molar-refractivity contribution in [3.63, 3.8) is 0 Å². The summed E-state index contributed by atoms with van der Waals surface area (Å²) in [5.41, 5.74) is 5.37. The van der Waals surface area contributed by atoms with Crippen LogP contribution in [0.15, 0.2) is 48.5 Å². The molecule has 2 aromatic carbocycles. The van der Waals surface area contributed by atoms with Crippen molar-refractivity contribution >= 4 is 34.0 Å². The van der Waals surface area contributed by atoms with Crippen molar-refractivity contribution in [1.29, 1.82) is 0 Å². The molecule has 3 rings (SSSR count). The van der Waals surface area contributed by atoms with Crippen molar-refractivity contribution in [1.82, 2.24) is 0 Å². The Kier molecular flexibility index (Phi) is 3.55. The third-order valence-corrected chi connectivity index (χ3v) is 4.78. The lowest BCUT2D eigenvalue weighted by Crippen LogP contribution is -1.97. The van der Waals surface area contributed by atoms with Crippen LogP contribution in [-0.2, 0) is 6.42 Å².